The quantitative estimate of drug-likeness (QED) is 0.519. The molecule has 2 aliphatic rings. The smallest absolute Gasteiger partial charge is 0.430 e. The Hall–Kier alpha value is -0.730. The van der Waals surface area contributed by atoms with Crippen molar-refractivity contribution in [2.75, 3.05) is 6.61 Å². The van der Waals surface area contributed by atoms with Gasteiger partial charge in [0, 0.05) is 5.92 Å². The summed E-state index contributed by atoms with van der Waals surface area (Å²) in [4.78, 5) is 11.3. The monoisotopic (exact) mass is 254 g/mol. The van der Waals surface area contributed by atoms with Crippen LogP contribution in [0.1, 0.15) is 71.1 Å². The summed E-state index contributed by atoms with van der Waals surface area (Å²) in [5.74, 6) is 0.527. The van der Waals surface area contributed by atoms with E-state index in [9.17, 15) is 4.79 Å². The van der Waals surface area contributed by atoms with E-state index in [0.29, 0.717) is 12.5 Å². The molecule has 1 aliphatic heterocycles. The zero-order valence-corrected chi connectivity index (χ0v) is 11.6. The van der Waals surface area contributed by atoms with Gasteiger partial charge in [-0.05, 0) is 25.7 Å². The fourth-order valence-corrected chi connectivity index (χ4v) is 3.41. The molecule has 1 saturated carbocycles. The molecule has 2 rings (SSSR count). The molecule has 2 fully saturated rings. The van der Waals surface area contributed by atoms with Crippen LogP contribution in [0.3, 0.4) is 0 Å². The zero-order valence-electron chi connectivity index (χ0n) is 11.6. The number of hydrogen-bond donors (Lipinski definition) is 0. The summed E-state index contributed by atoms with van der Waals surface area (Å²) in [6.07, 6.45) is 11.7. The van der Waals surface area contributed by atoms with E-state index in [1.54, 1.807) is 0 Å². The first-order chi connectivity index (χ1) is 8.77. The predicted octanol–water partition coefficient (Wildman–Crippen LogP) is 4.44. The van der Waals surface area contributed by atoms with Crippen LogP contribution in [-0.2, 0) is 9.47 Å². The molecule has 0 radical (unpaired) electrons. The van der Waals surface area contributed by atoms with E-state index in [2.05, 4.69) is 6.92 Å². The molecule has 0 aromatic heterocycles. The summed E-state index contributed by atoms with van der Waals surface area (Å²) in [6, 6.07) is 0. The van der Waals surface area contributed by atoms with Gasteiger partial charge in [0.2, 0.25) is 0 Å². The Bertz CT molecular complexity index is 271. The molecular weight excluding hydrogens is 228 g/mol. The Morgan fingerprint density at radius 3 is 2.56 bits per heavy atom. The van der Waals surface area contributed by atoms with E-state index in [0.717, 1.165) is 12.8 Å². The third-order valence-corrected chi connectivity index (χ3v) is 4.52. The average Bonchev–Trinajstić information content (AvgIpc) is 2.79. The molecule has 3 heteroatoms. The van der Waals surface area contributed by atoms with Crippen LogP contribution in [0.5, 0.6) is 0 Å². The fraction of sp³-hybridized carbons (Fsp3) is 0.933. The molecule has 1 saturated heterocycles. The minimum atomic E-state index is -0.448. The Morgan fingerprint density at radius 2 is 1.94 bits per heavy atom. The number of carbonyl (C=O) groups is 1. The largest absolute Gasteiger partial charge is 0.509 e. The third kappa shape index (κ3) is 3.18. The summed E-state index contributed by atoms with van der Waals surface area (Å²) < 4.78 is 10.7. The van der Waals surface area contributed by atoms with Gasteiger partial charge in [0.1, 0.15) is 6.61 Å². The van der Waals surface area contributed by atoms with E-state index in [1.807, 2.05) is 0 Å². The molecule has 1 unspecified atom stereocenters. The lowest BCUT2D eigenvalue weighted by atomic mass is 9.75. The number of rotatable bonds is 6. The van der Waals surface area contributed by atoms with Crippen LogP contribution >= 0.6 is 0 Å². The van der Waals surface area contributed by atoms with E-state index in [4.69, 9.17) is 9.47 Å². The van der Waals surface area contributed by atoms with Crippen molar-refractivity contribution in [1.82, 2.24) is 0 Å². The Morgan fingerprint density at radius 1 is 1.17 bits per heavy atom. The van der Waals surface area contributed by atoms with E-state index in [-0.39, 0.29) is 5.60 Å². The van der Waals surface area contributed by atoms with Gasteiger partial charge in [-0.1, -0.05) is 45.4 Å². The van der Waals surface area contributed by atoms with Gasteiger partial charge in [-0.15, -0.1) is 0 Å². The number of unbranched alkanes of at least 4 members (excludes halogenated alkanes) is 3. The standard InChI is InChI=1S/C15H26O3/c1-2-3-4-8-11-15(12-17-14(16)18-15)13-9-6-5-7-10-13/h13H,2-12H2,1H3. The predicted molar refractivity (Wildman–Crippen MR) is 70.5 cm³/mol. The van der Waals surface area contributed by atoms with Crippen LogP contribution in [0.25, 0.3) is 0 Å². The number of ether oxygens (including phenoxy) is 2. The zero-order chi connectivity index (χ0) is 12.8. The molecule has 3 nitrogen and oxygen atoms in total. The van der Waals surface area contributed by atoms with Crippen molar-refractivity contribution in [3.05, 3.63) is 0 Å². The van der Waals surface area contributed by atoms with Crippen LogP contribution in [0.15, 0.2) is 0 Å². The molecule has 0 aromatic rings. The molecule has 0 amide bonds. The van der Waals surface area contributed by atoms with Gasteiger partial charge in [-0.25, -0.2) is 4.79 Å². The lowest BCUT2D eigenvalue weighted by molar-refractivity contribution is -0.0179. The molecule has 1 atom stereocenters. The molecule has 0 N–H and O–H groups in total. The molecule has 104 valence electrons. The molecule has 18 heavy (non-hydrogen) atoms. The maximum Gasteiger partial charge on any atom is 0.509 e. The molecule has 0 bridgehead atoms. The molecule has 0 aromatic carbocycles. The second-order valence-corrected chi connectivity index (χ2v) is 5.85. The van der Waals surface area contributed by atoms with Gasteiger partial charge >= 0.3 is 6.16 Å². The topological polar surface area (TPSA) is 35.5 Å². The van der Waals surface area contributed by atoms with Gasteiger partial charge in [-0.3, -0.25) is 0 Å². The Labute approximate surface area is 110 Å². The SMILES string of the molecule is CCCCCCC1(C2CCCCC2)COC(=O)O1. The van der Waals surface area contributed by atoms with Crippen LogP contribution < -0.4 is 0 Å². The maximum atomic E-state index is 11.3. The fourth-order valence-electron chi connectivity index (χ4n) is 3.41. The van der Waals surface area contributed by atoms with Crippen molar-refractivity contribution in [2.45, 2.75) is 76.7 Å². The summed E-state index contributed by atoms with van der Waals surface area (Å²) in [5.41, 5.74) is -0.286. The third-order valence-electron chi connectivity index (χ3n) is 4.52. The minimum absolute atomic E-state index is 0.286. The van der Waals surface area contributed by atoms with Gasteiger partial charge in [-0.2, -0.15) is 0 Å². The van der Waals surface area contributed by atoms with Crippen LogP contribution in [0, 0.1) is 5.92 Å². The number of cyclic esters (lactones) is 2. The highest BCUT2D eigenvalue weighted by Gasteiger charge is 2.48. The lowest BCUT2D eigenvalue weighted by Crippen LogP contribution is -2.41. The maximum absolute atomic E-state index is 11.3. The first-order valence-electron chi connectivity index (χ1n) is 7.62. The second kappa shape index (κ2) is 6.44. The van der Waals surface area contributed by atoms with E-state index in [1.165, 1.54) is 51.4 Å². The summed E-state index contributed by atoms with van der Waals surface area (Å²) in [7, 11) is 0. The normalized spacial score (nSPS) is 29.1. The first kappa shape index (κ1) is 13.7. The van der Waals surface area contributed by atoms with Gasteiger partial charge in [0.25, 0.3) is 0 Å². The van der Waals surface area contributed by atoms with Gasteiger partial charge < -0.3 is 9.47 Å². The van der Waals surface area contributed by atoms with Crippen molar-refractivity contribution >= 4 is 6.16 Å². The Balaban J connectivity index is 1.92. The molecule has 0 spiro atoms. The first-order valence-corrected chi connectivity index (χ1v) is 7.62. The van der Waals surface area contributed by atoms with Crippen molar-refractivity contribution in [3.63, 3.8) is 0 Å². The van der Waals surface area contributed by atoms with Crippen molar-refractivity contribution in [1.29, 1.82) is 0 Å². The lowest BCUT2D eigenvalue weighted by Gasteiger charge is -2.36. The van der Waals surface area contributed by atoms with Crippen molar-refractivity contribution in [3.8, 4) is 0 Å². The van der Waals surface area contributed by atoms with Crippen LogP contribution in [-0.4, -0.2) is 18.4 Å². The number of carbonyl (C=O) groups excluding carboxylic acids is 1. The number of hydrogen-bond acceptors (Lipinski definition) is 3. The minimum Gasteiger partial charge on any atom is -0.430 e. The van der Waals surface area contributed by atoms with E-state index >= 15 is 0 Å². The van der Waals surface area contributed by atoms with Crippen LogP contribution in [0.4, 0.5) is 4.79 Å². The van der Waals surface area contributed by atoms with Crippen molar-refractivity contribution < 1.29 is 14.3 Å². The average molecular weight is 254 g/mol. The Kier molecular flexibility index (Phi) is 4.90. The highest BCUT2D eigenvalue weighted by atomic mass is 16.8. The van der Waals surface area contributed by atoms with Gasteiger partial charge in [0.15, 0.2) is 5.60 Å². The summed E-state index contributed by atoms with van der Waals surface area (Å²) >= 11 is 0. The molecule has 1 heterocycles. The van der Waals surface area contributed by atoms with Gasteiger partial charge in [0.05, 0.1) is 0 Å². The van der Waals surface area contributed by atoms with E-state index < -0.39 is 6.16 Å². The summed E-state index contributed by atoms with van der Waals surface area (Å²) in [5, 5.41) is 0. The van der Waals surface area contributed by atoms with Crippen LogP contribution in [0.2, 0.25) is 0 Å². The highest BCUT2D eigenvalue weighted by Crippen LogP contribution is 2.41. The summed E-state index contributed by atoms with van der Waals surface area (Å²) in [6.45, 7) is 2.71. The highest BCUT2D eigenvalue weighted by molar-refractivity contribution is 5.62. The molecular formula is C15H26O3. The second-order valence-electron chi connectivity index (χ2n) is 5.85. The molecule has 1 aliphatic carbocycles. The van der Waals surface area contributed by atoms with Crippen molar-refractivity contribution in [2.24, 2.45) is 5.92 Å².